The second-order valence-electron chi connectivity index (χ2n) is 6.65. The lowest BCUT2D eigenvalue weighted by atomic mass is 9.97. The molecule has 1 atom stereocenters. The zero-order chi connectivity index (χ0) is 22.8. The standard InChI is InChI=1S/C21H15F6N3O/c1-12-11-14(8-10-28-12)19(31)30-17(13-4-6-15(7-5-13)20(22,23)24)18-16(21(25,26)27)3-2-9-29-18/h2-11,17H,1H3,(H,30,31)/t17-/m0/s1. The summed E-state index contributed by atoms with van der Waals surface area (Å²) < 4.78 is 79.3. The summed E-state index contributed by atoms with van der Waals surface area (Å²) in [6, 6.07) is 6.74. The van der Waals surface area contributed by atoms with Crippen LogP contribution in [0.3, 0.4) is 0 Å². The van der Waals surface area contributed by atoms with E-state index in [1.54, 1.807) is 6.92 Å². The molecular formula is C21H15F6N3O. The van der Waals surface area contributed by atoms with Crippen LogP contribution in [0.5, 0.6) is 0 Å². The molecule has 4 nitrogen and oxygen atoms in total. The number of nitrogens with zero attached hydrogens (tertiary/aromatic N) is 2. The fraction of sp³-hybridized carbons (Fsp3) is 0.190. The van der Waals surface area contributed by atoms with E-state index in [1.165, 1.54) is 18.3 Å². The molecule has 1 aromatic carbocycles. The number of aromatic nitrogens is 2. The Balaban J connectivity index is 2.08. The largest absolute Gasteiger partial charge is 0.418 e. The van der Waals surface area contributed by atoms with Gasteiger partial charge in [0.2, 0.25) is 0 Å². The molecule has 1 amide bonds. The van der Waals surface area contributed by atoms with Crippen LogP contribution in [0, 0.1) is 6.92 Å². The number of benzene rings is 1. The molecule has 0 aliphatic rings. The fourth-order valence-corrected chi connectivity index (χ4v) is 2.96. The van der Waals surface area contributed by atoms with Crippen LogP contribution in [-0.4, -0.2) is 15.9 Å². The minimum Gasteiger partial charge on any atom is -0.340 e. The molecule has 2 aromatic heterocycles. The summed E-state index contributed by atoms with van der Waals surface area (Å²) in [5, 5.41) is 2.45. The van der Waals surface area contributed by atoms with Crippen molar-refractivity contribution >= 4 is 5.91 Å². The zero-order valence-corrected chi connectivity index (χ0v) is 15.9. The van der Waals surface area contributed by atoms with Gasteiger partial charge in [-0.25, -0.2) is 0 Å². The Hall–Kier alpha value is -3.43. The van der Waals surface area contributed by atoms with Gasteiger partial charge in [0.15, 0.2) is 0 Å². The monoisotopic (exact) mass is 439 g/mol. The molecule has 31 heavy (non-hydrogen) atoms. The van der Waals surface area contributed by atoms with Gasteiger partial charge in [-0.1, -0.05) is 12.1 Å². The molecule has 0 saturated carbocycles. The summed E-state index contributed by atoms with van der Waals surface area (Å²) in [4.78, 5) is 20.5. The van der Waals surface area contributed by atoms with Crippen molar-refractivity contribution in [1.82, 2.24) is 15.3 Å². The van der Waals surface area contributed by atoms with Gasteiger partial charge >= 0.3 is 12.4 Å². The first kappa shape index (κ1) is 22.3. The lowest BCUT2D eigenvalue weighted by Gasteiger charge is -2.23. The van der Waals surface area contributed by atoms with E-state index in [2.05, 4.69) is 15.3 Å². The molecule has 2 heterocycles. The summed E-state index contributed by atoms with van der Waals surface area (Å²) >= 11 is 0. The van der Waals surface area contributed by atoms with Crippen LogP contribution in [-0.2, 0) is 12.4 Å². The van der Waals surface area contributed by atoms with Crippen molar-refractivity contribution in [2.24, 2.45) is 0 Å². The quantitative estimate of drug-likeness (QED) is 0.559. The van der Waals surface area contributed by atoms with Gasteiger partial charge < -0.3 is 5.32 Å². The van der Waals surface area contributed by atoms with E-state index in [0.29, 0.717) is 5.69 Å². The molecule has 0 bridgehead atoms. The van der Waals surface area contributed by atoms with Gasteiger partial charge in [-0.3, -0.25) is 14.8 Å². The maximum atomic E-state index is 13.5. The second-order valence-corrected chi connectivity index (χ2v) is 6.65. The molecule has 0 fully saturated rings. The van der Waals surface area contributed by atoms with Crippen LogP contribution in [0.15, 0.2) is 60.9 Å². The first-order valence-corrected chi connectivity index (χ1v) is 8.89. The number of pyridine rings is 2. The second kappa shape index (κ2) is 8.37. The third kappa shape index (κ3) is 5.19. The van der Waals surface area contributed by atoms with Gasteiger partial charge in [0.25, 0.3) is 5.91 Å². The van der Waals surface area contributed by atoms with E-state index in [-0.39, 0.29) is 11.1 Å². The molecule has 0 saturated heterocycles. The highest BCUT2D eigenvalue weighted by Gasteiger charge is 2.37. The molecule has 0 aliphatic carbocycles. The number of halogens is 6. The minimum atomic E-state index is -4.79. The molecule has 3 rings (SSSR count). The maximum absolute atomic E-state index is 13.5. The molecule has 0 aliphatic heterocycles. The Morgan fingerprint density at radius 2 is 1.58 bits per heavy atom. The molecule has 0 radical (unpaired) electrons. The Labute approximate surface area is 173 Å². The Morgan fingerprint density at radius 3 is 2.16 bits per heavy atom. The summed E-state index contributed by atoms with van der Waals surface area (Å²) in [7, 11) is 0. The fourth-order valence-electron chi connectivity index (χ4n) is 2.96. The van der Waals surface area contributed by atoms with Gasteiger partial charge in [-0.2, -0.15) is 26.3 Å². The molecule has 1 N–H and O–H groups in total. The van der Waals surface area contributed by atoms with Crippen LogP contribution >= 0.6 is 0 Å². The van der Waals surface area contributed by atoms with Crippen molar-refractivity contribution in [2.75, 3.05) is 0 Å². The highest BCUT2D eigenvalue weighted by Crippen LogP contribution is 2.36. The Bertz CT molecular complexity index is 1080. The van der Waals surface area contributed by atoms with E-state index >= 15 is 0 Å². The van der Waals surface area contributed by atoms with Gasteiger partial charge in [-0.05, 0) is 48.9 Å². The van der Waals surface area contributed by atoms with Crippen LogP contribution in [0.2, 0.25) is 0 Å². The molecule has 3 aromatic rings. The smallest absolute Gasteiger partial charge is 0.340 e. The van der Waals surface area contributed by atoms with E-state index in [4.69, 9.17) is 0 Å². The average Bonchev–Trinajstić information content (AvgIpc) is 2.71. The van der Waals surface area contributed by atoms with Crippen molar-refractivity contribution in [1.29, 1.82) is 0 Å². The molecule has 0 spiro atoms. The molecule has 162 valence electrons. The number of hydrogen-bond acceptors (Lipinski definition) is 3. The third-order valence-corrected chi connectivity index (χ3v) is 4.42. The lowest BCUT2D eigenvalue weighted by Crippen LogP contribution is -2.31. The number of aryl methyl sites for hydroxylation is 1. The number of carbonyl (C=O) groups is 1. The van der Waals surface area contributed by atoms with Gasteiger partial charge in [-0.15, -0.1) is 0 Å². The summed E-state index contributed by atoms with van der Waals surface area (Å²) in [6.07, 6.45) is -6.93. The summed E-state index contributed by atoms with van der Waals surface area (Å²) in [6.45, 7) is 1.63. The van der Waals surface area contributed by atoms with Crippen molar-refractivity contribution in [3.8, 4) is 0 Å². The van der Waals surface area contributed by atoms with Gasteiger partial charge in [0.1, 0.15) is 0 Å². The van der Waals surface area contributed by atoms with Crippen LogP contribution in [0.4, 0.5) is 26.3 Å². The molecule has 0 unspecified atom stereocenters. The molecular weight excluding hydrogens is 424 g/mol. The zero-order valence-electron chi connectivity index (χ0n) is 15.9. The van der Waals surface area contributed by atoms with Crippen molar-refractivity contribution in [3.05, 3.63) is 94.6 Å². The highest BCUT2D eigenvalue weighted by atomic mass is 19.4. The Kier molecular flexibility index (Phi) is 6.01. The van der Waals surface area contributed by atoms with Gasteiger partial charge in [0.05, 0.1) is 22.9 Å². The van der Waals surface area contributed by atoms with Crippen LogP contribution < -0.4 is 5.32 Å². The maximum Gasteiger partial charge on any atom is 0.418 e. The Morgan fingerprint density at radius 1 is 0.903 bits per heavy atom. The number of hydrogen-bond donors (Lipinski definition) is 1. The summed E-state index contributed by atoms with van der Waals surface area (Å²) in [5.41, 5.74) is -1.96. The van der Waals surface area contributed by atoms with Gasteiger partial charge in [0, 0.05) is 23.7 Å². The normalized spacial score (nSPS) is 13.0. The lowest BCUT2D eigenvalue weighted by molar-refractivity contribution is -0.139. The predicted octanol–water partition coefficient (Wildman–Crippen LogP) is 5.34. The number of alkyl halides is 6. The van der Waals surface area contributed by atoms with Crippen molar-refractivity contribution in [2.45, 2.75) is 25.3 Å². The number of carbonyl (C=O) groups excluding carboxylic acids is 1. The van der Waals surface area contributed by atoms with Crippen molar-refractivity contribution < 1.29 is 31.1 Å². The van der Waals surface area contributed by atoms with E-state index in [0.717, 1.165) is 42.6 Å². The minimum absolute atomic E-state index is 0.0105. The predicted molar refractivity (Wildman–Crippen MR) is 99.0 cm³/mol. The van der Waals surface area contributed by atoms with E-state index in [1.807, 2.05) is 0 Å². The first-order valence-electron chi connectivity index (χ1n) is 8.89. The first-order chi connectivity index (χ1) is 14.5. The SMILES string of the molecule is Cc1cc(C(=O)N[C@@H](c2ccc(C(F)(F)F)cc2)c2ncccc2C(F)(F)F)ccn1. The number of rotatable bonds is 4. The van der Waals surface area contributed by atoms with Crippen molar-refractivity contribution in [3.63, 3.8) is 0 Å². The third-order valence-electron chi connectivity index (χ3n) is 4.42. The molecule has 10 heteroatoms. The van der Waals surface area contributed by atoms with E-state index < -0.39 is 41.1 Å². The average molecular weight is 439 g/mol. The topological polar surface area (TPSA) is 54.9 Å². The van der Waals surface area contributed by atoms with Crippen LogP contribution in [0.25, 0.3) is 0 Å². The number of amides is 1. The summed E-state index contributed by atoms with van der Waals surface area (Å²) in [5.74, 6) is -0.728. The number of nitrogens with one attached hydrogen (secondary N) is 1. The van der Waals surface area contributed by atoms with E-state index in [9.17, 15) is 31.1 Å². The highest BCUT2D eigenvalue weighted by molar-refractivity contribution is 5.94. The van der Waals surface area contributed by atoms with Crippen LogP contribution in [0.1, 0.15) is 44.5 Å².